The normalized spacial score (nSPS) is 13.9. The van der Waals surface area contributed by atoms with Gasteiger partial charge in [-0.1, -0.05) is 12.1 Å². The minimum Gasteiger partial charge on any atom is -0.465 e. The van der Waals surface area contributed by atoms with Crippen LogP contribution in [0.25, 0.3) is 5.65 Å². The third-order valence-corrected chi connectivity index (χ3v) is 7.18. The summed E-state index contributed by atoms with van der Waals surface area (Å²) < 4.78 is 37.6. The second-order valence-electron chi connectivity index (χ2n) is 9.61. The van der Waals surface area contributed by atoms with Crippen LogP contribution in [0.3, 0.4) is 0 Å². The predicted molar refractivity (Wildman–Crippen MR) is 143 cm³/mol. The molecule has 0 saturated heterocycles. The standard InChI is InChI=1S/C29H25F2N5O6/c1-14-16-7-9-22(18(16)6-5-17(14)28(39)41-2)35-27(38)24-11-23(34-25-19(29(40)42-3)13-33-36(24)25)26(37)32-12-15-4-8-20(30)21(31)10-15/h4-6,8,10-11,13,22H,7,9,12H2,1-3H3,(H,32,37)(H,35,38)/t22-/m0/s1. The maximum Gasteiger partial charge on any atom is 0.343 e. The molecule has 2 aromatic heterocycles. The quantitative estimate of drug-likeness (QED) is 0.319. The van der Waals surface area contributed by atoms with E-state index < -0.39 is 41.4 Å². The number of benzene rings is 2. The largest absolute Gasteiger partial charge is 0.465 e. The van der Waals surface area contributed by atoms with Gasteiger partial charge in [-0.2, -0.15) is 5.10 Å². The summed E-state index contributed by atoms with van der Waals surface area (Å²) in [4.78, 5) is 55.4. The summed E-state index contributed by atoms with van der Waals surface area (Å²) in [6, 6.07) is 7.45. The van der Waals surface area contributed by atoms with Crippen molar-refractivity contribution < 1.29 is 37.4 Å². The van der Waals surface area contributed by atoms with E-state index in [2.05, 4.69) is 20.7 Å². The van der Waals surface area contributed by atoms with Gasteiger partial charge in [-0.05, 0) is 60.2 Å². The molecule has 11 nitrogen and oxygen atoms in total. The van der Waals surface area contributed by atoms with Gasteiger partial charge in [-0.3, -0.25) is 9.59 Å². The molecule has 2 heterocycles. The lowest BCUT2D eigenvalue weighted by Gasteiger charge is -2.16. The zero-order chi connectivity index (χ0) is 30.1. The number of nitrogens with zero attached hydrogens (tertiary/aromatic N) is 3. The van der Waals surface area contributed by atoms with Crippen LogP contribution < -0.4 is 10.6 Å². The molecule has 0 radical (unpaired) electrons. The Morgan fingerprint density at radius 3 is 2.43 bits per heavy atom. The number of ether oxygens (including phenoxy) is 2. The van der Waals surface area contributed by atoms with Crippen molar-refractivity contribution in [1.82, 2.24) is 25.2 Å². The van der Waals surface area contributed by atoms with Crippen LogP contribution in [0.1, 0.15) is 76.4 Å². The molecule has 1 atom stereocenters. The number of amides is 2. The number of carbonyl (C=O) groups is 4. The van der Waals surface area contributed by atoms with Gasteiger partial charge in [0.15, 0.2) is 17.3 Å². The van der Waals surface area contributed by atoms with Crippen molar-refractivity contribution in [3.8, 4) is 0 Å². The Labute approximate surface area is 237 Å². The maximum absolute atomic E-state index is 13.6. The molecule has 0 unspecified atom stereocenters. The molecule has 5 rings (SSSR count). The van der Waals surface area contributed by atoms with Crippen molar-refractivity contribution in [2.75, 3.05) is 14.2 Å². The van der Waals surface area contributed by atoms with Gasteiger partial charge < -0.3 is 20.1 Å². The molecular formula is C29H25F2N5O6. The SMILES string of the molecule is COC(=O)c1ccc2c(c1C)CC[C@@H]2NC(=O)c1cc(C(=O)NCc2ccc(F)c(F)c2)nc2c(C(=O)OC)cnn12. The highest BCUT2D eigenvalue weighted by Crippen LogP contribution is 2.35. The minimum absolute atomic E-state index is 0.0704. The van der Waals surface area contributed by atoms with Crippen molar-refractivity contribution in [2.45, 2.75) is 32.4 Å². The fraction of sp³-hybridized carbons (Fsp3) is 0.241. The van der Waals surface area contributed by atoms with Crippen LogP contribution >= 0.6 is 0 Å². The first kappa shape index (κ1) is 28.3. The number of nitrogens with one attached hydrogen (secondary N) is 2. The number of esters is 2. The zero-order valence-corrected chi connectivity index (χ0v) is 22.8. The molecule has 0 aliphatic heterocycles. The van der Waals surface area contributed by atoms with Crippen LogP contribution in [0.2, 0.25) is 0 Å². The molecular weight excluding hydrogens is 552 g/mol. The fourth-order valence-corrected chi connectivity index (χ4v) is 5.01. The first-order valence-electron chi connectivity index (χ1n) is 12.8. The summed E-state index contributed by atoms with van der Waals surface area (Å²) in [6.45, 7) is 1.67. The first-order chi connectivity index (χ1) is 20.1. The van der Waals surface area contributed by atoms with Crippen molar-refractivity contribution in [3.05, 3.63) is 99.0 Å². The van der Waals surface area contributed by atoms with Gasteiger partial charge >= 0.3 is 11.9 Å². The van der Waals surface area contributed by atoms with Crippen molar-refractivity contribution in [2.24, 2.45) is 0 Å². The molecule has 4 aromatic rings. The summed E-state index contributed by atoms with van der Waals surface area (Å²) in [6.07, 6.45) is 2.36. The van der Waals surface area contributed by atoms with E-state index in [0.717, 1.165) is 33.3 Å². The highest BCUT2D eigenvalue weighted by atomic mass is 19.2. The predicted octanol–water partition coefficient (Wildman–Crippen LogP) is 3.24. The first-order valence-corrected chi connectivity index (χ1v) is 12.8. The second kappa shape index (κ2) is 11.4. The van der Waals surface area contributed by atoms with E-state index in [1.165, 1.54) is 32.5 Å². The summed E-state index contributed by atoms with van der Waals surface area (Å²) in [7, 11) is 2.48. The summed E-state index contributed by atoms with van der Waals surface area (Å²) in [5, 5.41) is 9.63. The number of hydrogen-bond acceptors (Lipinski definition) is 8. The average molecular weight is 578 g/mol. The van der Waals surface area contributed by atoms with Gasteiger partial charge in [-0.25, -0.2) is 27.9 Å². The van der Waals surface area contributed by atoms with Crippen LogP contribution in [0.15, 0.2) is 42.6 Å². The van der Waals surface area contributed by atoms with E-state index in [9.17, 15) is 28.0 Å². The number of fused-ring (bicyclic) bond motifs is 2. The number of aromatic nitrogens is 3. The Morgan fingerprint density at radius 2 is 1.71 bits per heavy atom. The van der Waals surface area contributed by atoms with E-state index in [1.807, 2.05) is 6.92 Å². The van der Waals surface area contributed by atoms with Gasteiger partial charge in [0.05, 0.1) is 32.0 Å². The van der Waals surface area contributed by atoms with Crippen LogP contribution in [0.4, 0.5) is 8.78 Å². The van der Waals surface area contributed by atoms with Crippen LogP contribution in [-0.4, -0.2) is 52.6 Å². The lowest BCUT2D eigenvalue weighted by Crippen LogP contribution is -2.31. The summed E-state index contributed by atoms with van der Waals surface area (Å²) in [5.41, 5.74) is 2.85. The third kappa shape index (κ3) is 5.16. The van der Waals surface area contributed by atoms with E-state index >= 15 is 0 Å². The van der Waals surface area contributed by atoms with Crippen molar-refractivity contribution in [1.29, 1.82) is 0 Å². The number of halogens is 2. The molecule has 2 amide bonds. The Bertz CT molecular complexity index is 1770. The minimum atomic E-state index is -1.06. The number of carbonyl (C=O) groups excluding carboxylic acids is 4. The zero-order valence-electron chi connectivity index (χ0n) is 22.8. The molecule has 2 aromatic carbocycles. The molecule has 0 bridgehead atoms. The molecule has 1 aliphatic rings. The average Bonchev–Trinajstić information content (AvgIpc) is 3.61. The van der Waals surface area contributed by atoms with Crippen molar-refractivity contribution >= 4 is 29.4 Å². The molecule has 0 spiro atoms. The van der Waals surface area contributed by atoms with E-state index in [-0.39, 0.29) is 29.1 Å². The summed E-state index contributed by atoms with van der Waals surface area (Å²) >= 11 is 0. The Kier molecular flexibility index (Phi) is 7.66. The Balaban J connectivity index is 1.46. The van der Waals surface area contributed by atoms with Gasteiger partial charge in [-0.15, -0.1) is 0 Å². The van der Waals surface area contributed by atoms with Gasteiger partial charge in [0, 0.05) is 12.6 Å². The molecule has 2 N–H and O–H groups in total. The molecule has 1 aliphatic carbocycles. The number of rotatable bonds is 7. The third-order valence-electron chi connectivity index (χ3n) is 7.18. The number of methoxy groups -OCH3 is 2. The van der Waals surface area contributed by atoms with Gasteiger partial charge in [0.25, 0.3) is 11.8 Å². The molecule has 0 fully saturated rings. The smallest absolute Gasteiger partial charge is 0.343 e. The highest BCUT2D eigenvalue weighted by Gasteiger charge is 2.30. The van der Waals surface area contributed by atoms with Crippen LogP contribution in [0.5, 0.6) is 0 Å². The number of hydrogen-bond donors (Lipinski definition) is 2. The fourth-order valence-electron chi connectivity index (χ4n) is 5.01. The van der Waals surface area contributed by atoms with Crippen LogP contribution in [-0.2, 0) is 22.4 Å². The lowest BCUT2D eigenvalue weighted by atomic mass is 9.98. The Hall–Kier alpha value is -5.20. The molecule has 0 saturated carbocycles. The molecule has 42 heavy (non-hydrogen) atoms. The monoisotopic (exact) mass is 577 g/mol. The van der Waals surface area contributed by atoms with Gasteiger partial charge in [0.1, 0.15) is 17.0 Å². The second-order valence-corrected chi connectivity index (χ2v) is 9.61. The van der Waals surface area contributed by atoms with E-state index in [0.29, 0.717) is 24.0 Å². The molecule has 216 valence electrons. The van der Waals surface area contributed by atoms with Crippen molar-refractivity contribution in [3.63, 3.8) is 0 Å². The van der Waals surface area contributed by atoms with E-state index in [4.69, 9.17) is 9.47 Å². The van der Waals surface area contributed by atoms with E-state index in [1.54, 1.807) is 12.1 Å². The maximum atomic E-state index is 13.6. The topological polar surface area (TPSA) is 141 Å². The highest BCUT2D eigenvalue weighted by molar-refractivity contribution is 6.01. The molecule has 13 heteroatoms. The Morgan fingerprint density at radius 1 is 0.976 bits per heavy atom. The summed E-state index contributed by atoms with van der Waals surface area (Å²) in [5.74, 6) is -4.63. The van der Waals surface area contributed by atoms with Gasteiger partial charge in [0.2, 0.25) is 0 Å². The lowest BCUT2D eigenvalue weighted by molar-refractivity contribution is 0.0592. The van der Waals surface area contributed by atoms with Crippen LogP contribution in [0, 0.1) is 18.6 Å².